The van der Waals surface area contributed by atoms with Crippen molar-refractivity contribution in [1.82, 2.24) is 10.2 Å². The number of nitrogens with one attached hydrogen (secondary N) is 1. The van der Waals surface area contributed by atoms with Crippen molar-refractivity contribution in [3.63, 3.8) is 0 Å². The molecule has 0 amide bonds. The van der Waals surface area contributed by atoms with Gasteiger partial charge in [0.25, 0.3) is 0 Å². The Morgan fingerprint density at radius 2 is 1.88 bits per heavy atom. The SMILES string of the molecule is CC1CNC(C)CCN(C2CCS(=O)CC2)C1. The maximum absolute atomic E-state index is 11.4. The lowest BCUT2D eigenvalue weighted by Gasteiger charge is -2.38. The Morgan fingerprint density at radius 3 is 2.59 bits per heavy atom. The lowest BCUT2D eigenvalue weighted by Crippen LogP contribution is -2.48. The summed E-state index contributed by atoms with van der Waals surface area (Å²) in [6.07, 6.45) is 3.52. The zero-order valence-corrected chi connectivity index (χ0v) is 12.0. The van der Waals surface area contributed by atoms with Crippen LogP contribution in [0, 0.1) is 5.92 Å². The first-order valence-electron chi connectivity index (χ1n) is 6.97. The van der Waals surface area contributed by atoms with Crippen LogP contribution < -0.4 is 5.32 Å². The van der Waals surface area contributed by atoms with E-state index in [0.29, 0.717) is 12.1 Å². The van der Waals surface area contributed by atoms with Gasteiger partial charge in [0.15, 0.2) is 0 Å². The average molecular weight is 258 g/mol. The predicted octanol–water partition coefficient (Wildman–Crippen LogP) is 1.22. The number of hydrogen-bond acceptors (Lipinski definition) is 3. The van der Waals surface area contributed by atoms with Crippen LogP contribution in [0.4, 0.5) is 0 Å². The summed E-state index contributed by atoms with van der Waals surface area (Å²) in [6, 6.07) is 1.33. The van der Waals surface area contributed by atoms with E-state index < -0.39 is 10.8 Å². The van der Waals surface area contributed by atoms with Crippen LogP contribution in [-0.4, -0.2) is 52.3 Å². The predicted molar refractivity (Wildman–Crippen MR) is 73.7 cm³/mol. The maximum Gasteiger partial charge on any atom is 0.0249 e. The van der Waals surface area contributed by atoms with Crippen LogP contribution in [0.3, 0.4) is 0 Å². The second kappa shape index (κ2) is 6.30. The van der Waals surface area contributed by atoms with Gasteiger partial charge in [-0.3, -0.25) is 9.11 Å². The molecule has 100 valence electrons. The summed E-state index contributed by atoms with van der Waals surface area (Å²) in [5.41, 5.74) is 0. The third-order valence-corrected chi connectivity index (χ3v) is 5.47. The fourth-order valence-corrected chi connectivity index (χ4v) is 4.17. The lowest BCUT2D eigenvalue weighted by atomic mass is 10.0. The van der Waals surface area contributed by atoms with Crippen molar-refractivity contribution >= 4 is 10.8 Å². The van der Waals surface area contributed by atoms with Crippen LogP contribution in [0.5, 0.6) is 0 Å². The molecule has 2 fully saturated rings. The van der Waals surface area contributed by atoms with Crippen molar-refractivity contribution in [2.24, 2.45) is 5.92 Å². The van der Waals surface area contributed by atoms with Gasteiger partial charge in [-0.2, -0.15) is 0 Å². The molecule has 3 nitrogen and oxygen atoms in total. The molecule has 2 aliphatic heterocycles. The van der Waals surface area contributed by atoms with E-state index in [1.165, 1.54) is 19.5 Å². The highest BCUT2D eigenvalue weighted by molar-refractivity contribution is 7.85. The molecule has 1 N–H and O–H groups in total. The molecule has 0 aromatic carbocycles. The van der Waals surface area contributed by atoms with Gasteiger partial charge in [-0.1, -0.05) is 6.92 Å². The molecule has 2 saturated heterocycles. The van der Waals surface area contributed by atoms with Gasteiger partial charge in [0.1, 0.15) is 0 Å². The lowest BCUT2D eigenvalue weighted by molar-refractivity contribution is 0.139. The number of rotatable bonds is 1. The van der Waals surface area contributed by atoms with Gasteiger partial charge in [0, 0.05) is 40.9 Å². The summed E-state index contributed by atoms with van der Waals surface area (Å²) < 4.78 is 11.4. The van der Waals surface area contributed by atoms with Crippen LogP contribution in [0.25, 0.3) is 0 Å². The maximum atomic E-state index is 11.4. The van der Waals surface area contributed by atoms with Crippen molar-refractivity contribution in [1.29, 1.82) is 0 Å². The second-order valence-electron chi connectivity index (χ2n) is 5.78. The quantitative estimate of drug-likeness (QED) is 0.767. The molecule has 0 aliphatic carbocycles. The molecule has 2 atom stereocenters. The van der Waals surface area contributed by atoms with Crippen molar-refractivity contribution < 1.29 is 4.21 Å². The van der Waals surface area contributed by atoms with Gasteiger partial charge in [0.2, 0.25) is 0 Å². The molecule has 2 unspecified atom stereocenters. The van der Waals surface area contributed by atoms with E-state index in [1.54, 1.807) is 0 Å². The number of hydrogen-bond donors (Lipinski definition) is 1. The Balaban J connectivity index is 1.90. The molecule has 2 aliphatic rings. The first kappa shape index (κ1) is 13.5. The van der Waals surface area contributed by atoms with Crippen LogP contribution in [0.1, 0.15) is 33.1 Å². The summed E-state index contributed by atoms with van der Waals surface area (Å²) in [4.78, 5) is 2.67. The Labute approximate surface area is 108 Å². The summed E-state index contributed by atoms with van der Waals surface area (Å²) in [5.74, 6) is 2.57. The molecule has 4 heteroatoms. The highest BCUT2D eigenvalue weighted by atomic mass is 32.2. The van der Waals surface area contributed by atoms with E-state index in [-0.39, 0.29) is 0 Å². The minimum Gasteiger partial charge on any atom is -0.314 e. The fraction of sp³-hybridized carbons (Fsp3) is 1.00. The molecule has 0 spiro atoms. The highest BCUT2D eigenvalue weighted by Gasteiger charge is 2.26. The molecular weight excluding hydrogens is 232 g/mol. The van der Waals surface area contributed by atoms with Gasteiger partial charge in [-0.25, -0.2) is 0 Å². The van der Waals surface area contributed by atoms with E-state index >= 15 is 0 Å². The molecule has 2 rings (SSSR count). The molecule has 0 bridgehead atoms. The van der Waals surface area contributed by atoms with Crippen LogP contribution in [0.2, 0.25) is 0 Å². The molecule has 2 heterocycles. The number of nitrogens with zero attached hydrogens (tertiary/aromatic N) is 1. The van der Waals surface area contributed by atoms with Crippen LogP contribution >= 0.6 is 0 Å². The van der Waals surface area contributed by atoms with Gasteiger partial charge in [0.05, 0.1) is 0 Å². The van der Waals surface area contributed by atoms with Crippen molar-refractivity contribution in [3.8, 4) is 0 Å². The molecule has 17 heavy (non-hydrogen) atoms. The smallest absolute Gasteiger partial charge is 0.0249 e. The van der Waals surface area contributed by atoms with E-state index in [0.717, 1.165) is 36.8 Å². The minimum absolute atomic E-state index is 0.528. The highest BCUT2D eigenvalue weighted by Crippen LogP contribution is 2.19. The van der Waals surface area contributed by atoms with E-state index in [4.69, 9.17) is 0 Å². The zero-order chi connectivity index (χ0) is 12.3. The van der Waals surface area contributed by atoms with Gasteiger partial charge in [-0.15, -0.1) is 0 Å². The third kappa shape index (κ3) is 4.04. The summed E-state index contributed by atoms with van der Waals surface area (Å²) >= 11 is 0. The van der Waals surface area contributed by atoms with E-state index in [2.05, 4.69) is 24.1 Å². The zero-order valence-electron chi connectivity index (χ0n) is 11.2. The first-order valence-corrected chi connectivity index (χ1v) is 8.46. The molecule has 0 saturated carbocycles. The van der Waals surface area contributed by atoms with E-state index in [1.807, 2.05) is 0 Å². The second-order valence-corrected chi connectivity index (χ2v) is 7.47. The van der Waals surface area contributed by atoms with Crippen LogP contribution in [0.15, 0.2) is 0 Å². The molecule has 0 radical (unpaired) electrons. The van der Waals surface area contributed by atoms with Gasteiger partial charge >= 0.3 is 0 Å². The normalized spacial score (nSPS) is 41.8. The Bertz CT molecular complexity index is 262. The molecular formula is C13H26N2OS. The average Bonchev–Trinajstić information content (AvgIpc) is 2.31. The first-order chi connectivity index (χ1) is 8.15. The summed E-state index contributed by atoms with van der Waals surface area (Å²) in [6.45, 7) is 8.16. The van der Waals surface area contributed by atoms with Crippen molar-refractivity contribution in [2.45, 2.75) is 45.2 Å². The monoisotopic (exact) mass is 258 g/mol. The molecule has 0 aromatic heterocycles. The standard InChI is InChI=1S/C13H26N2OS/c1-11-9-14-12(2)3-6-15(10-11)13-4-7-17(16)8-5-13/h11-14H,3-10H2,1-2H3. The van der Waals surface area contributed by atoms with Gasteiger partial charge < -0.3 is 5.32 Å². The summed E-state index contributed by atoms with van der Waals surface area (Å²) in [5, 5.41) is 3.59. The Hall–Kier alpha value is 0.0700. The fourth-order valence-electron chi connectivity index (χ4n) is 2.90. The third-order valence-electron chi connectivity index (χ3n) is 4.08. The topological polar surface area (TPSA) is 32.3 Å². The van der Waals surface area contributed by atoms with Crippen LogP contribution in [-0.2, 0) is 10.8 Å². The van der Waals surface area contributed by atoms with Crippen molar-refractivity contribution in [2.75, 3.05) is 31.1 Å². The molecule has 0 aromatic rings. The largest absolute Gasteiger partial charge is 0.314 e. The minimum atomic E-state index is -0.528. The summed E-state index contributed by atoms with van der Waals surface area (Å²) in [7, 11) is -0.528. The van der Waals surface area contributed by atoms with E-state index in [9.17, 15) is 4.21 Å². The Kier molecular flexibility index (Phi) is 5.00. The van der Waals surface area contributed by atoms with Crippen molar-refractivity contribution in [3.05, 3.63) is 0 Å². The Morgan fingerprint density at radius 1 is 1.18 bits per heavy atom. The van der Waals surface area contributed by atoms with Gasteiger partial charge in [-0.05, 0) is 45.2 Å².